The lowest BCUT2D eigenvalue weighted by molar-refractivity contribution is 0.414. The van der Waals surface area contributed by atoms with E-state index in [1.54, 1.807) is 31.4 Å². The molecule has 4 nitrogen and oxygen atoms in total. The Morgan fingerprint density at radius 1 is 1.32 bits per heavy atom. The minimum atomic E-state index is -3.45. The molecule has 19 heavy (non-hydrogen) atoms. The van der Waals surface area contributed by atoms with Crippen molar-refractivity contribution in [3.63, 3.8) is 0 Å². The van der Waals surface area contributed by atoms with Gasteiger partial charge in [0.05, 0.1) is 12.0 Å². The van der Waals surface area contributed by atoms with Crippen LogP contribution in [0.15, 0.2) is 29.2 Å². The number of halogens is 1. The van der Waals surface area contributed by atoms with Crippen LogP contribution in [0.4, 0.5) is 0 Å². The van der Waals surface area contributed by atoms with Gasteiger partial charge in [-0.1, -0.05) is 0 Å². The number of sulfonamides is 1. The van der Waals surface area contributed by atoms with Crippen LogP contribution in [0.1, 0.15) is 19.3 Å². The van der Waals surface area contributed by atoms with E-state index < -0.39 is 10.0 Å². The zero-order valence-electron chi connectivity index (χ0n) is 10.9. The third kappa shape index (κ3) is 3.61. The fraction of sp³-hybridized carbons (Fsp3) is 0.538. The van der Waals surface area contributed by atoms with Crippen molar-refractivity contribution in [2.75, 3.05) is 19.5 Å². The Hall–Kier alpha value is -0.780. The van der Waals surface area contributed by atoms with Gasteiger partial charge in [0.2, 0.25) is 10.0 Å². The maximum atomic E-state index is 12.1. The first-order valence-electron chi connectivity index (χ1n) is 6.21. The average molecular weight is 304 g/mol. The van der Waals surface area contributed by atoms with Gasteiger partial charge in [0.25, 0.3) is 0 Å². The van der Waals surface area contributed by atoms with Crippen LogP contribution < -0.4 is 9.46 Å². The highest BCUT2D eigenvalue weighted by Gasteiger charge is 2.42. The quantitative estimate of drug-likeness (QED) is 0.787. The van der Waals surface area contributed by atoms with Crippen LogP contribution in [0.25, 0.3) is 0 Å². The summed E-state index contributed by atoms with van der Waals surface area (Å²) in [4.78, 5) is 0.259. The van der Waals surface area contributed by atoms with E-state index in [0.29, 0.717) is 18.2 Å². The van der Waals surface area contributed by atoms with Gasteiger partial charge in [0, 0.05) is 12.4 Å². The van der Waals surface area contributed by atoms with E-state index in [0.717, 1.165) is 19.3 Å². The molecule has 1 saturated carbocycles. The topological polar surface area (TPSA) is 55.4 Å². The Morgan fingerprint density at radius 3 is 2.42 bits per heavy atom. The summed E-state index contributed by atoms with van der Waals surface area (Å²) in [6, 6.07) is 6.37. The lowest BCUT2D eigenvalue weighted by Gasteiger charge is -2.14. The molecule has 0 radical (unpaired) electrons. The standard InChI is InChI=1S/C13H18ClNO3S/c1-18-11-2-4-12(5-3-11)19(16,17)15-10-13(6-7-13)8-9-14/h2-5,15H,6-10H2,1H3. The van der Waals surface area contributed by atoms with Crippen molar-refractivity contribution in [1.29, 1.82) is 0 Å². The van der Waals surface area contributed by atoms with E-state index in [4.69, 9.17) is 16.3 Å². The van der Waals surface area contributed by atoms with Gasteiger partial charge in [-0.2, -0.15) is 0 Å². The molecule has 1 aliphatic rings. The molecular weight excluding hydrogens is 286 g/mol. The number of rotatable bonds is 7. The van der Waals surface area contributed by atoms with Crippen LogP contribution in [-0.4, -0.2) is 28.0 Å². The molecule has 2 rings (SSSR count). The minimum Gasteiger partial charge on any atom is -0.497 e. The fourth-order valence-corrected chi connectivity index (χ4v) is 3.54. The van der Waals surface area contributed by atoms with Crippen molar-refractivity contribution in [1.82, 2.24) is 4.72 Å². The van der Waals surface area contributed by atoms with Gasteiger partial charge in [-0.3, -0.25) is 0 Å². The van der Waals surface area contributed by atoms with Gasteiger partial charge in [-0.25, -0.2) is 13.1 Å². The Bertz CT molecular complexity index is 523. The van der Waals surface area contributed by atoms with E-state index in [1.165, 1.54) is 0 Å². The molecule has 0 bridgehead atoms. The smallest absolute Gasteiger partial charge is 0.240 e. The van der Waals surface area contributed by atoms with Crippen LogP contribution in [0.2, 0.25) is 0 Å². The summed E-state index contributed by atoms with van der Waals surface area (Å²) in [6.07, 6.45) is 2.95. The van der Waals surface area contributed by atoms with Crippen LogP contribution >= 0.6 is 11.6 Å². The van der Waals surface area contributed by atoms with Crippen molar-refractivity contribution in [3.8, 4) is 5.75 Å². The first-order chi connectivity index (χ1) is 9.01. The van der Waals surface area contributed by atoms with Crippen LogP contribution in [0, 0.1) is 5.41 Å². The van der Waals surface area contributed by atoms with Crippen LogP contribution in [0.3, 0.4) is 0 Å². The number of ether oxygens (including phenoxy) is 1. The van der Waals surface area contributed by atoms with Gasteiger partial charge in [-0.05, 0) is 48.9 Å². The Morgan fingerprint density at radius 2 is 1.95 bits per heavy atom. The van der Waals surface area contributed by atoms with E-state index in [9.17, 15) is 8.42 Å². The first kappa shape index (κ1) is 14.6. The van der Waals surface area contributed by atoms with Crippen molar-refractivity contribution in [3.05, 3.63) is 24.3 Å². The highest BCUT2D eigenvalue weighted by atomic mass is 35.5. The maximum Gasteiger partial charge on any atom is 0.240 e. The highest BCUT2D eigenvalue weighted by Crippen LogP contribution is 2.48. The molecule has 0 aromatic heterocycles. The predicted molar refractivity (Wildman–Crippen MR) is 75.2 cm³/mol. The summed E-state index contributed by atoms with van der Waals surface area (Å²) in [5.74, 6) is 1.21. The highest BCUT2D eigenvalue weighted by molar-refractivity contribution is 7.89. The third-order valence-electron chi connectivity index (χ3n) is 3.59. The third-order valence-corrected chi connectivity index (χ3v) is 5.19. The van der Waals surface area contributed by atoms with Crippen molar-refractivity contribution in [2.24, 2.45) is 5.41 Å². The second kappa shape index (κ2) is 5.69. The average Bonchev–Trinajstić information content (AvgIpc) is 3.18. The predicted octanol–water partition coefficient (Wildman–Crippen LogP) is 2.38. The number of methoxy groups -OCH3 is 1. The van der Waals surface area contributed by atoms with E-state index in [2.05, 4.69) is 4.72 Å². The Labute approximate surface area is 119 Å². The molecule has 106 valence electrons. The molecule has 1 aromatic rings. The zero-order chi connectivity index (χ0) is 13.9. The Kier molecular flexibility index (Phi) is 4.38. The molecular formula is C13H18ClNO3S. The summed E-state index contributed by atoms with van der Waals surface area (Å²) >= 11 is 5.74. The zero-order valence-corrected chi connectivity index (χ0v) is 12.4. The summed E-state index contributed by atoms with van der Waals surface area (Å²) in [5.41, 5.74) is 0.0846. The SMILES string of the molecule is COc1ccc(S(=O)(=O)NCC2(CCCl)CC2)cc1. The molecule has 6 heteroatoms. The monoisotopic (exact) mass is 303 g/mol. The number of nitrogens with one attached hydrogen (secondary N) is 1. The summed E-state index contributed by atoms with van der Waals surface area (Å²) in [5, 5.41) is 0. The van der Waals surface area contributed by atoms with Gasteiger partial charge in [0.1, 0.15) is 5.75 Å². The maximum absolute atomic E-state index is 12.1. The normalized spacial score (nSPS) is 17.2. The van der Waals surface area contributed by atoms with Gasteiger partial charge in [-0.15, -0.1) is 11.6 Å². The van der Waals surface area contributed by atoms with Crippen molar-refractivity contribution >= 4 is 21.6 Å². The number of alkyl halides is 1. The molecule has 0 spiro atoms. The van der Waals surface area contributed by atoms with E-state index >= 15 is 0 Å². The lowest BCUT2D eigenvalue weighted by atomic mass is 10.1. The molecule has 1 N–H and O–H groups in total. The van der Waals surface area contributed by atoms with Crippen LogP contribution in [0.5, 0.6) is 5.75 Å². The molecule has 0 unspecified atom stereocenters. The summed E-state index contributed by atoms with van der Waals surface area (Å²) in [6.45, 7) is 0.466. The van der Waals surface area contributed by atoms with Gasteiger partial charge >= 0.3 is 0 Å². The Balaban J connectivity index is 2.01. The van der Waals surface area contributed by atoms with Crippen molar-refractivity contribution < 1.29 is 13.2 Å². The van der Waals surface area contributed by atoms with Gasteiger partial charge in [0.15, 0.2) is 0 Å². The molecule has 0 saturated heterocycles. The largest absolute Gasteiger partial charge is 0.497 e. The second-order valence-electron chi connectivity index (χ2n) is 4.94. The fourth-order valence-electron chi connectivity index (χ4n) is 1.98. The molecule has 0 aliphatic heterocycles. The molecule has 1 aliphatic carbocycles. The minimum absolute atomic E-state index is 0.0846. The lowest BCUT2D eigenvalue weighted by Crippen LogP contribution is -2.30. The van der Waals surface area contributed by atoms with E-state index in [-0.39, 0.29) is 10.3 Å². The second-order valence-corrected chi connectivity index (χ2v) is 7.08. The number of benzene rings is 1. The number of hydrogen-bond acceptors (Lipinski definition) is 3. The molecule has 1 fully saturated rings. The first-order valence-corrected chi connectivity index (χ1v) is 8.23. The summed E-state index contributed by atoms with van der Waals surface area (Å²) < 4.78 is 31.9. The molecule has 0 amide bonds. The molecule has 1 aromatic carbocycles. The number of hydrogen-bond donors (Lipinski definition) is 1. The molecule has 0 heterocycles. The van der Waals surface area contributed by atoms with E-state index in [1.807, 2.05) is 0 Å². The molecule has 0 atom stereocenters. The summed E-state index contributed by atoms with van der Waals surface area (Å²) in [7, 11) is -1.90. The van der Waals surface area contributed by atoms with Crippen molar-refractivity contribution in [2.45, 2.75) is 24.2 Å². The van der Waals surface area contributed by atoms with Crippen LogP contribution in [-0.2, 0) is 10.0 Å². The van der Waals surface area contributed by atoms with Gasteiger partial charge < -0.3 is 4.74 Å².